The first-order valence-corrected chi connectivity index (χ1v) is 9.47. The van der Waals surface area contributed by atoms with Crippen LogP contribution in [0.25, 0.3) is 0 Å². The quantitative estimate of drug-likeness (QED) is 0.729. The fourth-order valence-corrected chi connectivity index (χ4v) is 5.51. The standard InChI is InChI=1S/C20H23F3O4/c1-10(27-18-14-5-11-4-12(7-14)8-15(18)6-11)26-17-9-13(19(24)25)2-3-16(17)20(21,22)23/h2-3,9-12,14-15,18H,4-8H2,1H3,(H,24,25). The van der Waals surface area contributed by atoms with Crippen LogP contribution in [-0.4, -0.2) is 23.5 Å². The van der Waals surface area contributed by atoms with Gasteiger partial charge in [-0.15, -0.1) is 0 Å². The van der Waals surface area contributed by atoms with E-state index in [1.165, 1.54) is 6.42 Å². The van der Waals surface area contributed by atoms with E-state index >= 15 is 0 Å². The summed E-state index contributed by atoms with van der Waals surface area (Å²) in [6.45, 7) is 1.58. The summed E-state index contributed by atoms with van der Waals surface area (Å²) in [7, 11) is 0. The Kier molecular flexibility index (Phi) is 4.61. The minimum atomic E-state index is -4.63. The molecule has 4 bridgehead atoms. The molecule has 0 heterocycles. The fourth-order valence-electron chi connectivity index (χ4n) is 5.51. The molecule has 7 heteroatoms. The van der Waals surface area contributed by atoms with Crippen LogP contribution in [0.4, 0.5) is 13.2 Å². The lowest BCUT2D eigenvalue weighted by atomic mass is 9.55. The number of aromatic carboxylic acids is 1. The molecule has 0 spiro atoms. The summed E-state index contributed by atoms with van der Waals surface area (Å²) in [6.07, 6.45) is 0.346. The largest absolute Gasteiger partial charge is 0.478 e. The molecular formula is C20H23F3O4. The summed E-state index contributed by atoms with van der Waals surface area (Å²) in [4.78, 5) is 11.1. The lowest BCUT2D eigenvalue weighted by Crippen LogP contribution is -2.50. The monoisotopic (exact) mass is 384 g/mol. The van der Waals surface area contributed by atoms with E-state index in [0.29, 0.717) is 11.8 Å². The Morgan fingerprint density at radius 3 is 2.22 bits per heavy atom. The maximum absolute atomic E-state index is 13.3. The van der Waals surface area contributed by atoms with Gasteiger partial charge in [0, 0.05) is 0 Å². The summed E-state index contributed by atoms with van der Waals surface area (Å²) in [5.74, 6) is 0.654. The van der Waals surface area contributed by atoms with Gasteiger partial charge in [-0.2, -0.15) is 13.2 Å². The van der Waals surface area contributed by atoms with Crippen molar-refractivity contribution in [1.82, 2.24) is 0 Å². The van der Waals surface area contributed by atoms with E-state index in [9.17, 15) is 18.0 Å². The van der Waals surface area contributed by atoms with Crippen molar-refractivity contribution in [1.29, 1.82) is 0 Å². The first-order chi connectivity index (χ1) is 12.7. The maximum Gasteiger partial charge on any atom is 0.419 e. The second kappa shape index (κ2) is 6.69. The number of carboxylic acids is 1. The number of benzene rings is 1. The molecule has 4 aliphatic carbocycles. The molecule has 4 fully saturated rings. The van der Waals surface area contributed by atoms with Crippen LogP contribution < -0.4 is 4.74 Å². The molecule has 1 N–H and O–H groups in total. The van der Waals surface area contributed by atoms with Crippen LogP contribution in [0, 0.1) is 23.7 Å². The van der Waals surface area contributed by atoms with Gasteiger partial charge in [-0.25, -0.2) is 4.79 Å². The summed E-state index contributed by atoms with van der Waals surface area (Å²) < 4.78 is 51.3. The van der Waals surface area contributed by atoms with Crippen molar-refractivity contribution < 1.29 is 32.5 Å². The van der Waals surface area contributed by atoms with E-state index in [1.54, 1.807) is 6.92 Å². The number of carbonyl (C=O) groups is 1. The molecule has 4 nitrogen and oxygen atoms in total. The summed E-state index contributed by atoms with van der Waals surface area (Å²) in [6, 6.07) is 2.59. The van der Waals surface area contributed by atoms with E-state index < -0.39 is 29.7 Å². The number of halogens is 3. The third kappa shape index (κ3) is 3.66. The number of ether oxygens (including phenoxy) is 2. The van der Waals surface area contributed by atoms with Crippen molar-refractivity contribution >= 4 is 5.97 Å². The predicted octanol–water partition coefficient (Wildman–Crippen LogP) is 4.97. The van der Waals surface area contributed by atoms with Crippen LogP contribution in [0.2, 0.25) is 0 Å². The highest BCUT2D eigenvalue weighted by atomic mass is 19.4. The van der Waals surface area contributed by atoms with Crippen molar-refractivity contribution in [3.05, 3.63) is 29.3 Å². The minimum absolute atomic E-state index is 0.0183. The smallest absolute Gasteiger partial charge is 0.419 e. The first kappa shape index (κ1) is 18.6. The predicted molar refractivity (Wildman–Crippen MR) is 90.4 cm³/mol. The number of alkyl halides is 3. The van der Waals surface area contributed by atoms with Crippen molar-refractivity contribution in [3.8, 4) is 5.75 Å². The van der Waals surface area contributed by atoms with Gasteiger partial charge in [-0.05, 0) is 80.9 Å². The molecule has 148 valence electrons. The van der Waals surface area contributed by atoms with Crippen molar-refractivity contribution in [2.45, 2.75) is 57.6 Å². The summed E-state index contributed by atoms with van der Waals surface area (Å²) in [5, 5.41) is 9.07. The van der Waals surface area contributed by atoms with Gasteiger partial charge in [0.2, 0.25) is 0 Å². The minimum Gasteiger partial charge on any atom is -0.478 e. The molecule has 5 rings (SSSR count). The molecule has 27 heavy (non-hydrogen) atoms. The highest BCUT2D eigenvalue weighted by Crippen LogP contribution is 2.55. The van der Waals surface area contributed by atoms with Crippen molar-refractivity contribution in [2.75, 3.05) is 0 Å². The molecule has 1 aromatic rings. The second-order valence-corrected chi connectivity index (χ2v) is 8.23. The Hall–Kier alpha value is -1.76. The molecular weight excluding hydrogens is 361 g/mol. The van der Waals surface area contributed by atoms with Crippen LogP contribution >= 0.6 is 0 Å². The lowest BCUT2D eigenvalue weighted by molar-refractivity contribution is -0.193. The van der Waals surface area contributed by atoms with Crippen LogP contribution in [-0.2, 0) is 10.9 Å². The molecule has 0 saturated heterocycles. The van der Waals surface area contributed by atoms with Crippen LogP contribution in [0.1, 0.15) is 54.9 Å². The summed E-state index contributed by atoms with van der Waals surface area (Å²) in [5.41, 5.74) is -1.24. The number of hydrogen-bond acceptors (Lipinski definition) is 3. The Morgan fingerprint density at radius 2 is 1.70 bits per heavy atom. The zero-order chi connectivity index (χ0) is 19.3. The highest BCUT2D eigenvalue weighted by Gasteiger charge is 2.49. The van der Waals surface area contributed by atoms with Crippen LogP contribution in [0.3, 0.4) is 0 Å². The normalized spacial score (nSPS) is 33.1. The van der Waals surface area contributed by atoms with Gasteiger partial charge in [-0.3, -0.25) is 0 Å². The Bertz CT molecular complexity index is 702. The second-order valence-electron chi connectivity index (χ2n) is 8.23. The summed E-state index contributed by atoms with van der Waals surface area (Å²) >= 11 is 0. The zero-order valence-corrected chi connectivity index (χ0v) is 15.0. The van der Waals surface area contributed by atoms with E-state index in [0.717, 1.165) is 55.7 Å². The van der Waals surface area contributed by atoms with Crippen LogP contribution in [0.5, 0.6) is 5.75 Å². The molecule has 4 aliphatic rings. The van der Waals surface area contributed by atoms with Crippen molar-refractivity contribution in [2.24, 2.45) is 23.7 Å². The zero-order valence-electron chi connectivity index (χ0n) is 15.0. The van der Waals surface area contributed by atoms with E-state index in [-0.39, 0.29) is 11.7 Å². The van der Waals surface area contributed by atoms with Gasteiger partial charge in [0.15, 0.2) is 6.29 Å². The molecule has 1 aromatic carbocycles. The Labute approximate surface area is 155 Å². The molecule has 4 saturated carbocycles. The molecule has 0 aromatic heterocycles. The van der Waals surface area contributed by atoms with E-state index in [4.69, 9.17) is 14.6 Å². The molecule has 1 unspecified atom stereocenters. The van der Waals surface area contributed by atoms with Crippen LogP contribution in [0.15, 0.2) is 18.2 Å². The van der Waals surface area contributed by atoms with Gasteiger partial charge in [-0.1, -0.05) is 0 Å². The molecule has 0 aliphatic heterocycles. The molecule has 0 amide bonds. The third-order valence-electron chi connectivity index (χ3n) is 6.32. The average Bonchev–Trinajstić information content (AvgIpc) is 2.56. The first-order valence-electron chi connectivity index (χ1n) is 9.47. The topological polar surface area (TPSA) is 55.8 Å². The SMILES string of the molecule is CC(Oc1cc(C(=O)O)ccc1C(F)(F)F)OC1C2CC3CC(C2)CC1C3. The van der Waals surface area contributed by atoms with Gasteiger partial charge < -0.3 is 14.6 Å². The average molecular weight is 384 g/mol. The van der Waals surface area contributed by atoms with Crippen molar-refractivity contribution in [3.63, 3.8) is 0 Å². The molecule has 0 radical (unpaired) electrons. The van der Waals surface area contributed by atoms with E-state index in [2.05, 4.69) is 0 Å². The van der Waals surface area contributed by atoms with E-state index in [1.807, 2.05) is 0 Å². The van der Waals surface area contributed by atoms with Gasteiger partial charge in [0.1, 0.15) is 5.75 Å². The highest BCUT2D eigenvalue weighted by molar-refractivity contribution is 5.88. The fraction of sp³-hybridized carbons (Fsp3) is 0.650. The Balaban J connectivity index is 1.50. The number of hydrogen-bond donors (Lipinski definition) is 1. The lowest BCUT2D eigenvalue weighted by Gasteiger charge is -2.54. The Morgan fingerprint density at radius 1 is 1.11 bits per heavy atom. The van der Waals surface area contributed by atoms with Gasteiger partial charge >= 0.3 is 12.1 Å². The molecule has 1 atom stereocenters. The van der Waals surface area contributed by atoms with Gasteiger partial charge in [0.25, 0.3) is 0 Å². The maximum atomic E-state index is 13.3. The number of rotatable bonds is 5. The number of carboxylic acid groups (broad SMARTS) is 1. The third-order valence-corrected chi connectivity index (χ3v) is 6.32. The van der Waals surface area contributed by atoms with Gasteiger partial charge in [0.05, 0.1) is 17.2 Å².